The summed E-state index contributed by atoms with van der Waals surface area (Å²) in [7, 11) is 0. The minimum Gasteiger partial charge on any atom is -0.309 e. The second-order valence-corrected chi connectivity index (χ2v) is 7.64. The number of carbonyl (C=O) groups excluding carboxylic acids is 1. The van der Waals surface area contributed by atoms with Gasteiger partial charge < -0.3 is 9.50 Å². The Labute approximate surface area is 151 Å². The van der Waals surface area contributed by atoms with Crippen LogP contribution in [0.5, 0.6) is 0 Å². The fraction of sp³-hybridized carbons (Fsp3) is 0.353. The van der Waals surface area contributed by atoms with Crippen LogP contribution in [0.15, 0.2) is 35.2 Å². The first-order valence-corrected chi connectivity index (χ1v) is 8.57. The number of hydrogen-bond donors (Lipinski definition) is 1. The molecule has 1 aromatic heterocycles. The molecule has 0 radical (unpaired) electrons. The minimum absolute atomic E-state index is 0.139. The van der Waals surface area contributed by atoms with Crippen LogP contribution in [0, 0.1) is 12.3 Å². The van der Waals surface area contributed by atoms with Gasteiger partial charge >= 0.3 is 0 Å². The first-order valence-electron chi connectivity index (χ1n) is 7.45. The van der Waals surface area contributed by atoms with Crippen LogP contribution in [0.4, 0.5) is 5.82 Å². The number of amides is 1. The summed E-state index contributed by atoms with van der Waals surface area (Å²) in [6.07, 6.45) is 0. The molecule has 1 N–H and O–H groups in total. The van der Waals surface area contributed by atoms with Gasteiger partial charge in [0.05, 0.1) is 6.61 Å². The molecule has 0 saturated carbocycles. The molecule has 2 rings (SSSR count). The van der Waals surface area contributed by atoms with Gasteiger partial charge in [-0.1, -0.05) is 50.1 Å². The maximum atomic E-state index is 12.0. The summed E-state index contributed by atoms with van der Waals surface area (Å²) in [5.74, 6) is 0.221. The lowest BCUT2D eigenvalue weighted by atomic mass is 9.96. The van der Waals surface area contributed by atoms with E-state index in [1.807, 2.05) is 52.0 Å². The number of halogens is 1. The number of hydrogen-bond acceptors (Lipinski definition) is 5. The molecule has 128 valence electrons. The fourth-order valence-corrected chi connectivity index (χ4v) is 2.35. The number of aromatic nitrogens is 2. The Kier molecular flexibility index (Phi) is 6.21. The van der Waals surface area contributed by atoms with Gasteiger partial charge in [0, 0.05) is 27.9 Å². The van der Waals surface area contributed by atoms with Crippen molar-refractivity contribution in [2.45, 2.75) is 39.2 Å². The van der Waals surface area contributed by atoms with Gasteiger partial charge in [-0.25, -0.2) is 0 Å². The van der Waals surface area contributed by atoms with Gasteiger partial charge in [0.1, 0.15) is 0 Å². The van der Waals surface area contributed by atoms with E-state index in [0.29, 0.717) is 11.4 Å². The van der Waals surface area contributed by atoms with Crippen molar-refractivity contribution in [2.24, 2.45) is 5.41 Å². The van der Waals surface area contributed by atoms with Crippen LogP contribution in [0.2, 0.25) is 5.15 Å². The number of carbonyl (C=O) groups is 1. The predicted molar refractivity (Wildman–Crippen MR) is 97.0 cm³/mol. The van der Waals surface area contributed by atoms with E-state index in [0.717, 1.165) is 4.90 Å². The Balaban J connectivity index is 1.98. The number of anilines is 1. The Morgan fingerprint density at radius 1 is 1.25 bits per heavy atom. The number of aryl methyl sites for hydroxylation is 1. The zero-order valence-electron chi connectivity index (χ0n) is 14.1. The van der Waals surface area contributed by atoms with Gasteiger partial charge in [-0.05, 0) is 25.1 Å². The fourth-order valence-electron chi connectivity index (χ4n) is 1.64. The van der Waals surface area contributed by atoms with Gasteiger partial charge in [0.2, 0.25) is 5.91 Å². The molecule has 0 aliphatic rings. The van der Waals surface area contributed by atoms with Crippen molar-refractivity contribution < 1.29 is 8.98 Å². The van der Waals surface area contributed by atoms with Gasteiger partial charge in [-0.2, -0.15) is 0 Å². The van der Waals surface area contributed by atoms with E-state index in [9.17, 15) is 4.79 Å². The lowest BCUT2D eigenvalue weighted by Gasteiger charge is -2.17. The monoisotopic (exact) mass is 365 g/mol. The third kappa shape index (κ3) is 5.47. The minimum atomic E-state index is -0.515. The van der Waals surface area contributed by atoms with Gasteiger partial charge in [-0.3, -0.25) is 4.79 Å². The molecule has 0 fully saturated rings. The van der Waals surface area contributed by atoms with Crippen molar-refractivity contribution in [3.05, 3.63) is 46.6 Å². The molecule has 5 nitrogen and oxygen atoms in total. The normalized spacial score (nSPS) is 11.4. The van der Waals surface area contributed by atoms with E-state index in [4.69, 9.17) is 15.8 Å². The average molecular weight is 366 g/mol. The highest BCUT2D eigenvalue weighted by Crippen LogP contribution is 2.24. The Bertz CT molecular complexity index is 715. The average Bonchev–Trinajstić information content (AvgIpc) is 2.51. The summed E-state index contributed by atoms with van der Waals surface area (Å²) in [6, 6.07) is 9.69. The van der Waals surface area contributed by atoms with E-state index < -0.39 is 5.41 Å². The van der Waals surface area contributed by atoms with Crippen molar-refractivity contribution in [1.82, 2.24) is 10.2 Å². The predicted octanol–water partition coefficient (Wildman–Crippen LogP) is 4.65. The van der Waals surface area contributed by atoms with Crippen LogP contribution in [-0.4, -0.2) is 16.1 Å². The van der Waals surface area contributed by atoms with E-state index in [1.54, 1.807) is 6.07 Å². The highest BCUT2D eigenvalue weighted by Gasteiger charge is 2.22. The Morgan fingerprint density at radius 3 is 2.54 bits per heavy atom. The molecule has 0 aliphatic carbocycles. The summed E-state index contributed by atoms with van der Waals surface area (Å²) in [6.45, 7) is 7.77. The largest absolute Gasteiger partial charge is 0.309 e. The van der Waals surface area contributed by atoms with Crippen LogP contribution in [0.25, 0.3) is 0 Å². The van der Waals surface area contributed by atoms with Crippen molar-refractivity contribution in [1.29, 1.82) is 0 Å². The van der Waals surface area contributed by atoms with E-state index in [2.05, 4.69) is 15.5 Å². The molecule has 1 amide bonds. The molecular weight excluding hydrogens is 346 g/mol. The molecule has 0 bridgehead atoms. The van der Waals surface area contributed by atoms with Gasteiger partial charge in [-0.15, -0.1) is 10.2 Å². The van der Waals surface area contributed by atoms with Crippen LogP contribution >= 0.6 is 23.6 Å². The highest BCUT2D eigenvalue weighted by molar-refractivity contribution is 7.94. The lowest BCUT2D eigenvalue weighted by molar-refractivity contribution is -0.123. The van der Waals surface area contributed by atoms with Crippen LogP contribution in [-0.2, 0) is 15.6 Å². The molecular formula is C17H20ClN3O2S. The zero-order chi connectivity index (χ0) is 17.7. The van der Waals surface area contributed by atoms with Crippen molar-refractivity contribution in [3.8, 4) is 0 Å². The molecule has 1 aromatic carbocycles. The SMILES string of the molecule is Cc1ccc(SOCc2cc(NC(=O)C(C)(C)C)nnc2Cl)cc1. The summed E-state index contributed by atoms with van der Waals surface area (Å²) >= 11 is 7.31. The standard InChI is InChI=1S/C17H20ClN3O2S/c1-11-5-7-13(8-6-11)24-23-10-12-9-14(20-21-15(12)18)19-16(22)17(2,3)4/h5-9H,10H2,1-4H3,(H,19,20,22). The summed E-state index contributed by atoms with van der Waals surface area (Å²) in [5.41, 5.74) is 1.34. The van der Waals surface area contributed by atoms with Crippen LogP contribution in [0.3, 0.4) is 0 Å². The number of benzene rings is 1. The first kappa shape index (κ1) is 18.7. The zero-order valence-corrected chi connectivity index (χ0v) is 15.7. The van der Waals surface area contributed by atoms with Crippen LogP contribution in [0.1, 0.15) is 31.9 Å². The summed E-state index contributed by atoms with van der Waals surface area (Å²) < 4.78 is 5.61. The summed E-state index contributed by atoms with van der Waals surface area (Å²) in [5, 5.41) is 10.7. The van der Waals surface area contributed by atoms with Gasteiger partial charge in [0.25, 0.3) is 0 Å². The maximum Gasteiger partial charge on any atom is 0.230 e. The molecule has 7 heteroatoms. The lowest BCUT2D eigenvalue weighted by Crippen LogP contribution is -2.28. The molecule has 0 aliphatic heterocycles. The maximum absolute atomic E-state index is 12.0. The van der Waals surface area contributed by atoms with E-state index >= 15 is 0 Å². The van der Waals surface area contributed by atoms with E-state index in [1.165, 1.54) is 17.6 Å². The smallest absolute Gasteiger partial charge is 0.230 e. The number of rotatable bonds is 5. The third-order valence-corrected chi connectivity index (χ3v) is 4.15. The molecule has 0 spiro atoms. The molecule has 1 heterocycles. The Hall–Kier alpha value is -1.63. The Morgan fingerprint density at radius 2 is 1.92 bits per heavy atom. The second kappa shape index (κ2) is 7.96. The third-order valence-electron chi connectivity index (χ3n) is 3.13. The van der Waals surface area contributed by atoms with Crippen LogP contribution < -0.4 is 5.32 Å². The first-order chi connectivity index (χ1) is 11.3. The van der Waals surface area contributed by atoms with Crippen molar-refractivity contribution in [3.63, 3.8) is 0 Å². The molecule has 0 saturated heterocycles. The molecule has 0 unspecified atom stereocenters. The van der Waals surface area contributed by atoms with Crippen molar-refractivity contribution in [2.75, 3.05) is 5.32 Å². The number of nitrogens with one attached hydrogen (secondary N) is 1. The quantitative estimate of drug-likeness (QED) is 0.781. The highest BCUT2D eigenvalue weighted by atomic mass is 35.5. The van der Waals surface area contributed by atoms with Gasteiger partial charge in [0.15, 0.2) is 11.0 Å². The summed E-state index contributed by atoms with van der Waals surface area (Å²) in [4.78, 5) is 13.0. The topological polar surface area (TPSA) is 64.1 Å². The van der Waals surface area contributed by atoms with E-state index in [-0.39, 0.29) is 17.7 Å². The molecule has 24 heavy (non-hydrogen) atoms. The van der Waals surface area contributed by atoms with Crippen molar-refractivity contribution >= 4 is 35.4 Å². The molecule has 0 atom stereocenters. The second-order valence-electron chi connectivity index (χ2n) is 6.41. The molecule has 2 aromatic rings. The number of nitrogens with zero attached hydrogens (tertiary/aromatic N) is 2.